The maximum absolute atomic E-state index is 11.3. The normalized spacial score (nSPS) is 16.0. The van der Waals surface area contributed by atoms with Crippen LogP contribution in [0.25, 0.3) is 0 Å². The molecule has 3 rings (SSSR count). The third kappa shape index (κ3) is 5.97. The van der Waals surface area contributed by atoms with Gasteiger partial charge in [0.15, 0.2) is 5.16 Å². The van der Waals surface area contributed by atoms with Crippen molar-refractivity contribution < 1.29 is 0 Å². The first-order valence-corrected chi connectivity index (χ1v) is 10.9. The van der Waals surface area contributed by atoms with E-state index in [0.717, 1.165) is 38.5 Å². The first-order valence-electron chi connectivity index (χ1n) is 9.92. The monoisotopic (exact) mass is 398 g/mol. The van der Waals surface area contributed by atoms with Gasteiger partial charge in [-0.1, -0.05) is 49.4 Å². The Morgan fingerprint density at radius 3 is 2.75 bits per heavy atom. The minimum absolute atomic E-state index is 0.101. The highest BCUT2D eigenvalue weighted by Gasteiger charge is 2.17. The van der Waals surface area contributed by atoms with Gasteiger partial charge in [-0.15, -0.1) is 0 Å². The van der Waals surface area contributed by atoms with Crippen LogP contribution in [-0.2, 0) is 0 Å². The molecule has 1 aliphatic heterocycles. The molecular formula is C22H30N4OS. The van der Waals surface area contributed by atoms with Crippen LogP contribution >= 0.6 is 11.8 Å². The molecule has 1 saturated heterocycles. The van der Waals surface area contributed by atoms with Crippen LogP contribution in [0.15, 0.2) is 58.1 Å². The first kappa shape index (κ1) is 20.7. The highest BCUT2D eigenvalue weighted by molar-refractivity contribution is 7.99. The number of benzene rings is 1. The van der Waals surface area contributed by atoms with Crippen LogP contribution in [0.4, 0.5) is 5.69 Å². The third-order valence-electron chi connectivity index (χ3n) is 5.06. The molecule has 1 aromatic heterocycles. The smallest absolute Gasteiger partial charge is 0.251 e. The predicted octanol–water partition coefficient (Wildman–Crippen LogP) is 3.75. The van der Waals surface area contributed by atoms with E-state index in [1.165, 1.54) is 22.9 Å². The summed E-state index contributed by atoms with van der Waals surface area (Å²) in [5.41, 5.74) is 3.96. The van der Waals surface area contributed by atoms with Gasteiger partial charge in [-0.2, -0.15) is 0 Å². The number of hydrogen-bond donors (Lipinski definition) is 1. The van der Waals surface area contributed by atoms with Gasteiger partial charge in [0.1, 0.15) is 0 Å². The van der Waals surface area contributed by atoms with Gasteiger partial charge in [0.25, 0.3) is 5.56 Å². The van der Waals surface area contributed by atoms with Crippen LogP contribution in [0.2, 0.25) is 0 Å². The van der Waals surface area contributed by atoms with E-state index in [4.69, 9.17) is 0 Å². The fourth-order valence-corrected chi connectivity index (χ4v) is 4.01. The fourth-order valence-electron chi connectivity index (χ4n) is 3.22. The molecule has 0 unspecified atom stereocenters. The molecule has 2 aromatic rings. The summed E-state index contributed by atoms with van der Waals surface area (Å²) < 4.78 is 0. The Labute approximate surface area is 171 Å². The molecule has 5 nitrogen and oxygen atoms in total. The molecule has 2 heterocycles. The zero-order chi connectivity index (χ0) is 19.9. The van der Waals surface area contributed by atoms with Crippen molar-refractivity contribution in [3.63, 3.8) is 0 Å². The number of H-pyrrole nitrogens is 1. The Kier molecular flexibility index (Phi) is 7.34. The van der Waals surface area contributed by atoms with Crippen molar-refractivity contribution >= 4 is 17.4 Å². The number of hydrogen-bond acceptors (Lipinski definition) is 5. The first-order chi connectivity index (χ1) is 13.5. The molecule has 1 aromatic carbocycles. The molecule has 0 radical (unpaired) electrons. The van der Waals surface area contributed by atoms with E-state index in [1.807, 2.05) is 0 Å². The Bertz CT molecular complexity index is 853. The lowest BCUT2D eigenvalue weighted by Crippen LogP contribution is -2.46. The number of thioether (sulfide) groups is 1. The van der Waals surface area contributed by atoms with Gasteiger partial charge in [0, 0.05) is 56.4 Å². The summed E-state index contributed by atoms with van der Waals surface area (Å²) in [6, 6.07) is 10.4. The SMILES string of the molecule is C/C(=C\CN1CCN(c2cccc(C(C)C)c2)CC1)CSc1nccc(=O)[nH]1. The number of anilines is 1. The number of nitrogens with zero attached hydrogens (tertiary/aromatic N) is 3. The van der Waals surface area contributed by atoms with Gasteiger partial charge in [0.05, 0.1) is 0 Å². The molecular weight excluding hydrogens is 368 g/mol. The minimum atomic E-state index is -0.101. The summed E-state index contributed by atoms with van der Waals surface area (Å²) in [7, 11) is 0. The molecule has 0 amide bonds. The van der Waals surface area contributed by atoms with Crippen LogP contribution in [0, 0.1) is 0 Å². The van der Waals surface area contributed by atoms with Crippen molar-refractivity contribution in [1.29, 1.82) is 0 Å². The Hall–Kier alpha value is -2.05. The van der Waals surface area contributed by atoms with Gasteiger partial charge < -0.3 is 9.88 Å². The number of rotatable bonds is 7. The maximum Gasteiger partial charge on any atom is 0.251 e. The van der Waals surface area contributed by atoms with E-state index in [0.29, 0.717) is 11.1 Å². The zero-order valence-electron chi connectivity index (χ0n) is 17.0. The Morgan fingerprint density at radius 1 is 1.25 bits per heavy atom. The van der Waals surface area contributed by atoms with E-state index in [-0.39, 0.29) is 5.56 Å². The van der Waals surface area contributed by atoms with Gasteiger partial charge in [-0.25, -0.2) is 4.98 Å². The standard InChI is InChI=1S/C22H30N4OS/c1-17(2)19-5-4-6-20(15-19)26-13-11-25(12-14-26)10-8-18(3)16-28-22-23-9-7-21(27)24-22/h4-9,15,17H,10-14,16H2,1-3H3,(H,23,24,27)/b18-8+. The summed E-state index contributed by atoms with van der Waals surface area (Å²) in [6.07, 6.45) is 3.85. The van der Waals surface area contributed by atoms with E-state index in [2.05, 4.69) is 70.9 Å². The van der Waals surface area contributed by atoms with Crippen molar-refractivity contribution in [2.75, 3.05) is 43.4 Å². The summed E-state index contributed by atoms with van der Waals surface area (Å²) in [5, 5.41) is 0.678. The molecule has 6 heteroatoms. The maximum atomic E-state index is 11.3. The molecule has 0 saturated carbocycles. The molecule has 28 heavy (non-hydrogen) atoms. The topological polar surface area (TPSA) is 52.2 Å². The predicted molar refractivity (Wildman–Crippen MR) is 119 cm³/mol. The van der Waals surface area contributed by atoms with Gasteiger partial charge in [-0.05, 0) is 30.5 Å². The fraction of sp³-hybridized carbons (Fsp3) is 0.455. The van der Waals surface area contributed by atoms with Crippen LogP contribution < -0.4 is 10.5 Å². The lowest BCUT2D eigenvalue weighted by Gasteiger charge is -2.36. The molecule has 150 valence electrons. The quantitative estimate of drug-likeness (QED) is 0.437. The van der Waals surface area contributed by atoms with Gasteiger partial charge in [0.2, 0.25) is 0 Å². The van der Waals surface area contributed by atoms with E-state index in [9.17, 15) is 4.79 Å². The lowest BCUT2D eigenvalue weighted by atomic mass is 10.0. The highest BCUT2D eigenvalue weighted by Crippen LogP contribution is 2.22. The third-order valence-corrected chi connectivity index (χ3v) is 6.14. The molecule has 1 N–H and O–H groups in total. The van der Waals surface area contributed by atoms with Crippen LogP contribution in [0.5, 0.6) is 0 Å². The summed E-state index contributed by atoms with van der Waals surface area (Å²) in [4.78, 5) is 23.2. The number of piperazine rings is 1. The molecule has 0 bridgehead atoms. The van der Waals surface area contributed by atoms with E-state index in [1.54, 1.807) is 18.0 Å². The van der Waals surface area contributed by atoms with Crippen molar-refractivity contribution in [3.8, 4) is 0 Å². The van der Waals surface area contributed by atoms with Crippen LogP contribution in [0.1, 0.15) is 32.3 Å². The minimum Gasteiger partial charge on any atom is -0.369 e. The average molecular weight is 399 g/mol. The van der Waals surface area contributed by atoms with Crippen LogP contribution in [-0.4, -0.2) is 53.3 Å². The largest absolute Gasteiger partial charge is 0.369 e. The van der Waals surface area contributed by atoms with E-state index < -0.39 is 0 Å². The molecule has 0 spiro atoms. The van der Waals surface area contributed by atoms with E-state index >= 15 is 0 Å². The molecule has 0 aliphatic carbocycles. The molecule has 0 atom stereocenters. The lowest BCUT2D eigenvalue weighted by molar-refractivity contribution is 0.283. The zero-order valence-corrected chi connectivity index (χ0v) is 17.8. The summed E-state index contributed by atoms with van der Waals surface area (Å²) in [5.74, 6) is 1.41. The highest BCUT2D eigenvalue weighted by atomic mass is 32.2. The number of aromatic nitrogens is 2. The van der Waals surface area contributed by atoms with Gasteiger partial charge in [-0.3, -0.25) is 9.69 Å². The summed E-state index contributed by atoms with van der Waals surface area (Å²) >= 11 is 1.57. The Morgan fingerprint density at radius 2 is 2.04 bits per heavy atom. The Balaban J connectivity index is 1.45. The van der Waals surface area contributed by atoms with Crippen molar-refractivity contribution in [2.45, 2.75) is 31.8 Å². The molecule has 1 fully saturated rings. The van der Waals surface area contributed by atoms with Crippen molar-refractivity contribution in [1.82, 2.24) is 14.9 Å². The molecule has 1 aliphatic rings. The van der Waals surface area contributed by atoms with Gasteiger partial charge >= 0.3 is 0 Å². The second kappa shape index (κ2) is 9.94. The average Bonchev–Trinajstić information content (AvgIpc) is 2.71. The second-order valence-electron chi connectivity index (χ2n) is 7.62. The number of nitrogens with one attached hydrogen (secondary N) is 1. The van der Waals surface area contributed by atoms with Crippen LogP contribution in [0.3, 0.4) is 0 Å². The van der Waals surface area contributed by atoms with Crippen molar-refractivity contribution in [2.24, 2.45) is 0 Å². The summed E-state index contributed by atoms with van der Waals surface area (Å²) in [6.45, 7) is 11.9. The second-order valence-corrected chi connectivity index (χ2v) is 8.58. The van der Waals surface area contributed by atoms with Crippen molar-refractivity contribution in [3.05, 3.63) is 64.1 Å². The number of aromatic amines is 1.